The average Bonchev–Trinajstić information content (AvgIpc) is 2.99. The Kier molecular flexibility index (Phi) is 3.88. The number of rotatable bonds is 5. The van der Waals surface area contributed by atoms with Gasteiger partial charge in [-0.15, -0.1) is 11.3 Å². The Hall–Kier alpha value is -1.76. The Morgan fingerprint density at radius 3 is 3.09 bits per heavy atom. The van der Waals surface area contributed by atoms with Crippen molar-refractivity contribution in [2.24, 2.45) is 0 Å². The van der Waals surface area contributed by atoms with Crippen LogP contribution >= 0.6 is 11.3 Å². The minimum Gasteiger partial charge on any atom is -0.339 e. The summed E-state index contributed by atoms with van der Waals surface area (Å²) in [4.78, 5) is 24.3. The largest absolute Gasteiger partial charge is 0.339 e. The van der Waals surface area contributed by atoms with E-state index in [-0.39, 0.29) is 11.9 Å². The molecule has 0 bridgehead atoms. The molecule has 1 aliphatic heterocycles. The molecule has 0 radical (unpaired) electrons. The van der Waals surface area contributed by atoms with Crippen molar-refractivity contribution in [1.82, 2.24) is 20.0 Å². The van der Waals surface area contributed by atoms with E-state index in [0.29, 0.717) is 16.6 Å². The third-order valence-corrected chi connectivity index (χ3v) is 5.47. The number of likely N-dealkylation sites (tertiary alicyclic amines) is 1. The fourth-order valence-corrected chi connectivity index (χ4v) is 4.01. The fourth-order valence-electron chi connectivity index (χ4n) is 3.04. The Labute approximate surface area is 138 Å². The molecule has 2 aromatic heterocycles. The second-order valence-corrected chi connectivity index (χ2v) is 7.41. The SMILES string of the molecule is CCCc1ncc(C(=O)N2CCCC2c2noc(C3CC3)n2)s1. The Morgan fingerprint density at radius 1 is 1.43 bits per heavy atom. The maximum atomic E-state index is 12.8. The molecular formula is C16H20N4O2S. The normalized spacial score (nSPS) is 21.1. The smallest absolute Gasteiger partial charge is 0.266 e. The molecule has 2 aromatic rings. The summed E-state index contributed by atoms with van der Waals surface area (Å²) in [5, 5.41) is 5.16. The Morgan fingerprint density at radius 2 is 2.30 bits per heavy atom. The molecule has 1 aliphatic carbocycles. The minimum absolute atomic E-state index is 0.0464. The van der Waals surface area contributed by atoms with Gasteiger partial charge in [-0.3, -0.25) is 4.79 Å². The van der Waals surface area contributed by atoms with Gasteiger partial charge in [0.15, 0.2) is 5.82 Å². The summed E-state index contributed by atoms with van der Waals surface area (Å²) in [5.41, 5.74) is 0. The molecule has 0 aromatic carbocycles. The summed E-state index contributed by atoms with van der Waals surface area (Å²) >= 11 is 1.50. The first-order chi connectivity index (χ1) is 11.3. The van der Waals surface area contributed by atoms with Crippen LogP contribution in [0.3, 0.4) is 0 Å². The van der Waals surface area contributed by atoms with Crippen molar-refractivity contribution in [3.8, 4) is 0 Å². The first-order valence-corrected chi connectivity index (χ1v) is 9.17. The quantitative estimate of drug-likeness (QED) is 0.840. The van der Waals surface area contributed by atoms with Crippen LogP contribution in [0.1, 0.15) is 77.4 Å². The standard InChI is InChI=1S/C16H20N4O2S/c1-2-4-13-17-9-12(23-13)16(21)20-8-3-5-11(20)14-18-15(22-19-14)10-6-7-10/h9-11H,2-8H2,1H3. The highest BCUT2D eigenvalue weighted by molar-refractivity contribution is 7.13. The summed E-state index contributed by atoms with van der Waals surface area (Å²) < 4.78 is 5.36. The van der Waals surface area contributed by atoms with Gasteiger partial charge in [0.25, 0.3) is 5.91 Å². The van der Waals surface area contributed by atoms with Crippen molar-refractivity contribution >= 4 is 17.2 Å². The summed E-state index contributed by atoms with van der Waals surface area (Å²) in [6.07, 6.45) is 7.82. The lowest BCUT2D eigenvalue weighted by Gasteiger charge is -2.21. The third kappa shape index (κ3) is 2.89. The van der Waals surface area contributed by atoms with Crippen molar-refractivity contribution in [1.29, 1.82) is 0 Å². The zero-order chi connectivity index (χ0) is 15.8. The van der Waals surface area contributed by atoms with Gasteiger partial charge in [0, 0.05) is 12.5 Å². The molecule has 6 nitrogen and oxygen atoms in total. The van der Waals surface area contributed by atoms with Gasteiger partial charge >= 0.3 is 0 Å². The van der Waals surface area contributed by atoms with E-state index >= 15 is 0 Å². The molecule has 4 rings (SSSR count). The summed E-state index contributed by atoms with van der Waals surface area (Å²) in [5.74, 6) is 1.89. The minimum atomic E-state index is -0.0597. The van der Waals surface area contributed by atoms with Crippen LogP contribution in [0.4, 0.5) is 0 Å². The van der Waals surface area contributed by atoms with Gasteiger partial charge in [0.2, 0.25) is 5.89 Å². The van der Waals surface area contributed by atoms with E-state index in [1.807, 2.05) is 4.90 Å². The number of aryl methyl sites for hydroxylation is 1. The van der Waals surface area contributed by atoms with Crippen LogP contribution < -0.4 is 0 Å². The average molecular weight is 332 g/mol. The monoisotopic (exact) mass is 332 g/mol. The lowest BCUT2D eigenvalue weighted by molar-refractivity contribution is 0.0733. The molecule has 1 amide bonds. The first kappa shape index (κ1) is 14.8. The van der Waals surface area contributed by atoms with E-state index in [2.05, 4.69) is 22.0 Å². The maximum absolute atomic E-state index is 12.8. The number of hydrogen-bond donors (Lipinski definition) is 0. The molecular weight excluding hydrogens is 312 g/mol. The van der Waals surface area contributed by atoms with Crippen molar-refractivity contribution in [2.45, 2.75) is 57.4 Å². The molecule has 0 spiro atoms. The van der Waals surface area contributed by atoms with Crippen LogP contribution in [-0.2, 0) is 6.42 Å². The topological polar surface area (TPSA) is 72.1 Å². The number of carbonyl (C=O) groups excluding carboxylic acids is 1. The third-order valence-electron chi connectivity index (χ3n) is 4.42. The molecule has 122 valence electrons. The molecule has 7 heteroatoms. The first-order valence-electron chi connectivity index (χ1n) is 8.35. The molecule has 1 saturated carbocycles. The summed E-state index contributed by atoms with van der Waals surface area (Å²) in [6.45, 7) is 2.87. The van der Waals surface area contributed by atoms with E-state index in [1.165, 1.54) is 11.3 Å². The van der Waals surface area contributed by atoms with Crippen LogP contribution in [-0.4, -0.2) is 32.5 Å². The highest BCUT2D eigenvalue weighted by atomic mass is 32.1. The highest BCUT2D eigenvalue weighted by Gasteiger charge is 2.36. The second-order valence-electron chi connectivity index (χ2n) is 6.29. The fraction of sp³-hybridized carbons (Fsp3) is 0.625. The van der Waals surface area contributed by atoms with Crippen molar-refractivity contribution < 1.29 is 9.32 Å². The van der Waals surface area contributed by atoms with Gasteiger partial charge in [-0.25, -0.2) is 4.98 Å². The predicted molar refractivity (Wildman–Crippen MR) is 85.4 cm³/mol. The number of thiazole rings is 1. The highest BCUT2D eigenvalue weighted by Crippen LogP contribution is 2.40. The van der Waals surface area contributed by atoms with Crippen molar-refractivity contribution in [3.05, 3.63) is 27.8 Å². The van der Waals surface area contributed by atoms with E-state index < -0.39 is 0 Å². The van der Waals surface area contributed by atoms with Gasteiger partial charge < -0.3 is 9.42 Å². The van der Waals surface area contributed by atoms with Gasteiger partial charge in [0.1, 0.15) is 4.88 Å². The molecule has 0 N–H and O–H groups in total. The maximum Gasteiger partial charge on any atom is 0.266 e. The number of amides is 1. The lowest BCUT2D eigenvalue weighted by Crippen LogP contribution is -2.30. The zero-order valence-electron chi connectivity index (χ0n) is 13.2. The van der Waals surface area contributed by atoms with Crippen molar-refractivity contribution in [3.63, 3.8) is 0 Å². The molecule has 3 heterocycles. The van der Waals surface area contributed by atoms with Gasteiger partial charge in [0.05, 0.1) is 17.2 Å². The molecule has 2 fully saturated rings. The summed E-state index contributed by atoms with van der Waals surface area (Å²) in [6, 6.07) is -0.0597. The molecule has 23 heavy (non-hydrogen) atoms. The van der Waals surface area contributed by atoms with E-state index in [4.69, 9.17) is 4.52 Å². The Bertz CT molecular complexity index is 707. The van der Waals surface area contributed by atoms with Gasteiger partial charge in [-0.05, 0) is 38.5 Å². The van der Waals surface area contributed by atoms with Crippen molar-refractivity contribution in [2.75, 3.05) is 6.54 Å². The molecule has 1 atom stereocenters. The van der Waals surface area contributed by atoms with Crippen LogP contribution in [0.15, 0.2) is 10.7 Å². The predicted octanol–water partition coefficient (Wildman–Crippen LogP) is 3.33. The van der Waals surface area contributed by atoms with Gasteiger partial charge in [-0.1, -0.05) is 12.1 Å². The van der Waals surface area contributed by atoms with Crippen LogP contribution in [0.2, 0.25) is 0 Å². The van der Waals surface area contributed by atoms with E-state index in [9.17, 15) is 4.79 Å². The number of carbonyl (C=O) groups is 1. The molecule has 1 unspecified atom stereocenters. The number of nitrogens with zero attached hydrogens (tertiary/aromatic N) is 4. The number of aromatic nitrogens is 3. The summed E-state index contributed by atoms with van der Waals surface area (Å²) in [7, 11) is 0. The lowest BCUT2D eigenvalue weighted by atomic mass is 10.2. The second kappa shape index (κ2) is 6.03. The zero-order valence-corrected chi connectivity index (χ0v) is 14.0. The van der Waals surface area contributed by atoms with E-state index in [1.54, 1.807) is 6.20 Å². The van der Waals surface area contributed by atoms with Crippen LogP contribution in [0.25, 0.3) is 0 Å². The Balaban J connectivity index is 1.52. The number of hydrogen-bond acceptors (Lipinski definition) is 6. The molecule has 2 aliphatic rings. The van der Waals surface area contributed by atoms with Crippen LogP contribution in [0.5, 0.6) is 0 Å². The molecule has 1 saturated heterocycles. The van der Waals surface area contributed by atoms with E-state index in [0.717, 1.165) is 56.0 Å². The van der Waals surface area contributed by atoms with Crippen LogP contribution in [0, 0.1) is 0 Å². The van der Waals surface area contributed by atoms with Gasteiger partial charge in [-0.2, -0.15) is 4.98 Å².